The van der Waals surface area contributed by atoms with Crippen LogP contribution in [-0.4, -0.2) is 10.9 Å². The molecule has 0 aliphatic rings. The molecular weight excluding hydrogens is 385 g/mol. The molecule has 0 aliphatic carbocycles. The van der Waals surface area contributed by atoms with Crippen LogP contribution in [0.3, 0.4) is 0 Å². The standard InChI is InChI=1S/C23H20FN3OS/c1-15(2)18-7-3-16(4-8-18)11-19(13-25)22(28)27-23-26-14-21(29-23)12-17-5-9-20(24)10-6-17/h3-11,14-15H,12H2,1-2H3,(H,26,27,28). The average Bonchev–Trinajstić information content (AvgIpc) is 3.14. The van der Waals surface area contributed by atoms with Crippen molar-refractivity contribution in [2.24, 2.45) is 0 Å². The van der Waals surface area contributed by atoms with Crippen LogP contribution in [0.15, 0.2) is 60.3 Å². The van der Waals surface area contributed by atoms with Crippen LogP contribution in [-0.2, 0) is 11.2 Å². The summed E-state index contributed by atoms with van der Waals surface area (Å²) in [6.45, 7) is 4.22. The Morgan fingerprint density at radius 1 is 1.21 bits per heavy atom. The van der Waals surface area contributed by atoms with Crippen molar-refractivity contribution >= 4 is 28.5 Å². The minimum absolute atomic E-state index is 0.0116. The van der Waals surface area contributed by atoms with E-state index in [2.05, 4.69) is 24.1 Å². The van der Waals surface area contributed by atoms with Gasteiger partial charge in [0.2, 0.25) is 0 Å². The molecule has 1 aromatic heterocycles. The molecule has 0 unspecified atom stereocenters. The van der Waals surface area contributed by atoms with Gasteiger partial charge >= 0.3 is 0 Å². The van der Waals surface area contributed by atoms with Gasteiger partial charge in [0, 0.05) is 17.5 Å². The van der Waals surface area contributed by atoms with Crippen molar-refractivity contribution in [3.8, 4) is 6.07 Å². The predicted molar refractivity (Wildman–Crippen MR) is 114 cm³/mol. The number of benzene rings is 2. The van der Waals surface area contributed by atoms with Crippen molar-refractivity contribution in [3.05, 3.63) is 87.7 Å². The summed E-state index contributed by atoms with van der Waals surface area (Å²) < 4.78 is 13.0. The van der Waals surface area contributed by atoms with E-state index in [9.17, 15) is 14.4 Å². The molecule has 0 fully saturated rings. The third-order valence-electron chi connectivity index (χ3n) is 4.34. The highest BCUT2D eigenvalue weighted by Crippen LogP contribution is 2.22. The highest BCUT2D eigenvalue weighted by molar-refractivity contribution is 7.15. The lowest BCUT2D eigenvalue weighted by Gasteiger charge is -2.05. The van der Waals surface area contributed by atoms with Crippen LogP contribution in [0.1, 0.15) is 41.3 Å². The first-order valence-electron chi connectivity index (χ1n) is 9.17. The molecule has 1 N–H and O–H groups in total. The Balaban J connectivity index is 1.67. The van der Waals surface area contributed by atoms with Crippen LogP contribution in [0.5, 0.6) is 0 Å². The molecule has 1 heterocycles. The molecule has 1 amide bonds. The van der Waals surface area contributed by atoms with Gasteiger partial charge in [-0.25, -0.2) is 9.37 Å². The van der Waals surface area contributed by atoms with E-state index in [1.54, 1.807) is 24.4 Å². The first-order chi connectivity index (χ1) is 13.9. The monoisotopic (exact) mass is 405 g/mol. The number of carbonyl (C=O) groups excluding carboxylic acids is 1. The molecule has 0 radical (unpaired) electrons. The number of hydrogen-bond donors (Lipinski definition) is 1. The number of thiazole rings is 1. The molecule has 0 aliphatic heterocycles. The third kappa shape index (κ3) is 5.59. The molecule has 3 rings (SSSR count). The maximum absolute atomic E-state index is 13.0. The molecule has 0 bridgehead atoms. The molecule has 0 saturated heterocycles. The summed E-state index contributed by atoms with van der Waals surface area (Å²) in [7, 11) is 0. The molecule has 6 heteroatoms. The largest absolute Gasteiger partial charge is 0.297 e. The van der Waals surface area contributed by atoms with E-state index in [1.807, 2.05) is 30.3 Å². The van der Waals surface area contributed by atoms with E-state index in [-0.39, 0.29) is 11.4 Å². The first-order valence-corrected chi connectivity index (χ1v) is 9.98. The van der Waals surface area contributed by atoms with E-state index in [0.29, 0.717) is 17.5 Å². The minimum atomic E-state index is -0.497. The normalized spacial score (nSPS) is 11.3. The fourth-order valence-electron chi connectivity index (χ4n) is 2.71. The predicted octanol–water partition coefficient (Wildman–Crippen LogP) is 5.54. The Labute approximate surface area is 173 Å². The Hall–Kier alpha value is -3.30. The SMILES string of the molecule is CC(C)c1ccc(C=C(C#N)C(=O)Nc2ncc(Cc3ccc(F)cc3)s2)cc1. The van der Waals surface area contributed by atoms with Gasteiger partial charge in [-0.1, -0.05) is 50.2 Å². The Kier molecular flexibility index (Phi) is 6.53. The quantitative estimate of drug-likeness (QED) is 0.432. The molecule has 0 atom stereocenters. The lowest BCUT2D eigenvalue weighted by atomic mass is 10.0. The van der Waals surface area contributed by atoms with E-state index in [0.717, 1.165) is 16.0 Å². The summed E-state index contributed by atoms with van der Waals surface area (Å²) in [4.78, 5) is 17.6. The zero-order chi connectivity index (χ0) is 20.8. The third-order valence-corrected chi connectivity index (χ3v) is 5.26. The summed E-state index contributed by atoms with van der Waals surface area (Å²) >= 11 is 1.33. The Morgan fingerprint density at radius 3 is 2.52 bits per heavy atom. The lowest BCUT2D eigenvalue weighted by Crippen LogP contribution is -2.13. The summed E-state index contributed by atoms with van der Waals surface area (Å²) in [6.07, 6.45) is 3.83. The lowest BCUT2D eigenvalue weighted by molar-refractivity contribution is -0.112. The molecule has 4 nitrogen and oxygen atoms in total. The maximum atomic E-state index is 13.0. The highest BCUT2D eigenvalue weighted by atomic mass is 32.1. The van der Waals surface area contributed by atoms with E-state index >= 15 is 0 Å². The fourth-order valence-corrected chi connectivity index (χ4v) is 3.55. The van der Waals surface area contributed by atoms with Crippen molar-refractivity contribution in [1.82, 2.24) is 4.98 Å². The Bertz CT molecular complexity index is 1060. The molecule has 0 spiro atoms. The van der Waals surface area contributed by atoms with Gasteiger partial charge in [-0.3, -0.25) is 10.1 Å². The van der Waals surface area contributed by atoms with Crippen molar-refractivity contribution in [3.63, 3.8) is 0 Å². The highest BCUT2D eigenvalue weighted by Gasteiger charge is 2.12. The van der Waals surface area contributed by atoms with Gasteiger partial charge in [-0.15, -0.1) is 11.3 Å². The average molecular weight is 405 g/mol. The number of anilines is 1. The fraction of sp³-hybridized carbons (Fsp3) is 0.174. The Morgan fingerprint density at radius 2 is 1.90 bits per heavy atom. The first kappa shape index (κ1) is 20.4. The second kappa shape index (κ2) is 9.26. The molecule has 2 aromatic carbocycles. The smallest absolute Gasteiger partial charge is 0.268 e. The van der Waals surface area contributed by atoms with Crippen molar-refractivity contribution < 1.29 is 9.18 Å². The number of nitrogens with one attached hydrogen (secondary N) is 1. The van der Waals surface area contributed by atoms with Gasteiger partial charge in [0.05, 0.1) is 0 Å². The second-order valence-corrected chi connectivity index (χ2v) is 8.00. The molecule has 146 valence electrons. The van der Waals surface area contributed by atoms with Crippen molar-refractivity contribution in [2.45, 2.75) is 26.2 Å². The van der Waals surface area contributed by atoms with E-state index in [4.69, 9.17) is 0 Å². The zero-order valence-electron chi connectivity index (χ0n) is 16.1. The van der Waals surface area contributed by atoms with Gasteiger partial charge in [-0.2, -0.15) is 5.26 Å². The van der Waals surface area contributed by atoms with Crippen molar-refractivity contribution in [2.75, 3.05) is 5.32 Å². The maximum Gasteiger partial charge on any atom is 0.268 e. The van der Waals surface area contributed by atoms with Crippen molar-refractivity contribution in [1.29, 1.82) is 5.26 Å². The van der Waals surface area contributed by atoms with Gasteiger partial charge < -0.3 is 0 Å². The number of halogens is 1. The van der Waals surface area contributed by atoms with E-state index < -0.39 is 5.91 Å². The number of aromatic nitrogens is 1. The van der Waals surface area contributed by atoms with Crippen LogP contribution in [0.4, 0.5) is 9.52 Å². The number of amides is 1. The van der Waals surface area contributed by atoms with Crippen LogP contribution >= 0.6 is 11.3 Å². The summed E-state index contributed by atoms with van der Waals surface area (Å²) in [5.41, 5.74) is 2.95. The number of carbonyl (C=O) groups is 1. The zero-order valence-corrected chi connectivity index (χ0v) is 17.0. The van der Waals surface area contributed by atoms with Crippen LogP contribution in [0.2, 0.25) is 0 Å². The van der Waals surface area contributed by atoms with Gasteiger partial charge in [0.25, 0.3) is 5.91 Å². The summed E-state index contributed by atoms with van der Waals surface area (Å²) in [6, 6.07) is 16.0. The summed E-state index contributed by atoms with van der Waals surface area (Å²) in [5, 5.41) is 12.5. The summed E-state index contributed by atoms with van der Waals surface area (Å²) in [5.74, 6) is -0.357. The second-order valence-electron chi connectivity index (χ2n) is 6.88. The number of nitrogens with zero attached hydrogens (tertiary/aromatic N) is 2. The van der Waals surface area contributed by atoms with Crippen LogP contribution in [0, 0.1) is 17.1 Å². The van der Waals surface area contributed by atoms with Crippen LogP contribution in [0.25, 0.3) is 6.08 Å². The van der Waals surface area contributed by atoms with E-state index in [1.165, 1.54) is 29.0 Å². The molecular formula is C23H20FN3OS. The van der Waals surface area contributed by atoms with Gasteiger partial charge in [0.1, 0.15) is 17.5 Å². The van der Waals surface area contributed by atoms with Gasteiger partial charge in [0.15, 0.2) is 5.13 Å². The molecule has 29 heavy (non-hydrogen) atoms. The minimum Gasteiger partial charge on any atom is -0.297 e. The molecule has 3 aromatic rings. The van der Waals surface area contributed by atoms with Crippen LogP contribution < -0.4 is 5.32 Å². The number of nitriles is 1. The number of rotatable bonds is 6. The molecule has 0 saturated carbocycles. The number of hydrogen-bond acceptors (Lipinski definition) is 4. The topological polar surface area (TPSA) is 65.8 Å². The van der Waals surface area contributed by atoms with Gasteiger partial charge in [-0.05, 0) is 40.8 Å².